The minimum atomic E-state index is 0.658. The van der Waals surface area contributed by atoms with Gasteiger partial charge in [-0.1, -0.05) is 0 Å². The van der Waals surface area contributed by atoms with Crippen LogP contribution in [0.4, 0.5) is 0 Å². The Hall–Kier alpha value is -1.02. The summed E-state index contributed by atoms with van der Waals surface area (Å²) in [5.74, 6) is 1.67. The second-order valence-corrected chi connectivity index (χ2v) is 5.05. The third kappa shape index (κ3) is 3.22. The van der Waals surface area contributed by atoms with E-state index in [0.29, 0.717) is 5.92 Å². The van der Waals surface area contributed by atoms with Crippen molar-refractivity contribution in [3.63, 3.8) is 0 Å². The normalized spacial score (nSPS) is 17.1. The molecule has 1 aliphatic rings. The molecule has 2 heteroatoms. The van der Waals surface area contributed by atoms with Gasteiger partial charge in [-0.2, -0.15) is 0 Å². The molecule has 0 aliphatic carbocycles. The van der Waals surface area contributed by atoms with Gasteiger partial charge in [0.2, 0.25) is 0 Å². The van der Waals surface area contributed by atoms with Gasteiger partial charge in [0.15, 0.2) is 0 Å². The maximum absolute atomic E-state index is 5.91. The average Bonchev–Trinajstić information content (AvgIpc) is 2.34. The van der Waals surface area contributed by atoms with Crippen molar-refractivity contribution in [3.05, 3.63) is 28.8 Å². The van der Waals surface area contributed by atoms with E-state index in [4.69, 9.17) is 9.47 Å². The second kappa shape index (κ2) is 5.54. The molecule has 17 heavy (non-hydrogen) atoms. The lowest BCUT2D eigenvalue weighted by molar-refractivity contribution is 0.0497. The fourth-order valence-corrected chi connectivity index (χ4v) is 2.21. The van der Waals surface area contributed by atoms with Gasteiger partial charge in [0.25, 0.3) is 0 Å². The maximum atomic E-state index is 5.91. The highest BCUT2D eigenvalue weighted by Gasteiger charge is 2.14. The van der Waals surface area contributed by atoms with E-state index >= 15 is 0 Å². The van der Waals surface area contributed by atoms with Gasteiger partial charge in [0.05, 0.1) is 6.61 Å². The summed E-state index contributed by atoms with van der Waals surface area (Å²) >= 11 is 0. The number of hydrogen-bond donors (Lipinski definition) is 0. The van der Waals surface area contributed by atoms with E-state index in [0.717, 1.165) is 38.4 Å². The van der Waals surface area contributed by atoms with Crippen LogP contribution in [-0.4, -0.2) is 19.8 Å². The molecule has 0 spiro atoms. The van der Waals surface area contributed by atoms with Crippen molar-refractivity contribution in [2.75, 3.05) is 19.8 Å². The smallest absolute Gasteiger partial charge is 0.119 e. The molecule has 1 aromatic carbocycles. The van der Waals surface area contributed by atoms with Crippen LogP contribution in [0.25, 0.3) is 0 Å². The Morgan fingerprint density at radius 1 is 1.12 bits per heavy atom. The average molecular weight is 234 g/mol. The molecule has 0 radical (unpaired) electrons. The molecule has 0 bridgehead atoms. The molecule has 0 atom stereocenters. The van der Waals surface area contributed by atoms with Gasteiger partial charge in [-0.3, -0.25) is 0 Å². The summed E-state index contributed by atoms with van der Waals surface area (Å²) in [6.45, 7) is 9.05. The van der Waals surface area contributed by atoms with E-state index in [2.05, 4.69) is 32.9 Å². The summed E-state index contributed by atoms with van der Waals surface area (Å²) in [5, 5.41) is 0. The number of aryl methyl sites for hydroxylation is 2. The van der Waals surface area contributed by atoms with Gasteiger partial charge in [-0.15, -0.1) is 0 Å². The summed E-state index contributed by atoms with van der Waals surface area (Å²) in [4.78, 5) is 0. The van der Waals surface area contributed by atoms with Gasteiger partial charge in [0.1, 0.15) is 5.75 Å². The van der Waals surface area contributed by atoms with Crippen LogP contribution in [0.3, 0.4) is 0 Å². The van der Waals surface area contributed by atoms with Crippen molar-refractivity contribution >= 4 is 0 Å². The van der Waals surface area contributed by atoms with E-state index in [1.54, 1.807) is 0 Å². The molecule has 1 saturated heterocycles. The van der Waals surface area contributed by atoms with Gasteiger partial charge in [0, 0.05) is 13.2 Å². The topological polar surface area (TPSA) is 18.5 Å². The van der Waals surface area contributed by atoms with Crippen LogP contribution in [0, 0.1) is 26.7 Å². The fourth-order valence-electron chi connectivity index (χ4n) is 2.21. The van der Waals surface area contributed by atoms with E-state index in [1.807, 2.05) is 0 Å². The van der Waals surface area contributed by atoms with Crippen LogP contribution in [0.15, 0.2) is 12.1 Å². The Bertz CT molecular complexity index is 356. The lowest BCUT2D eigenvalue weighted by atomic mass is 10.0. The largest absolute Gasteiger partial charge is 0.493 e. The van der Waals surface area contributed by atoms with Crippen molar-refractivity contribution < 1.29 is 9.47 Å². The van der Waals surface area contributed by atoms with Crippen LogP contribution in [0.2, 0.25) is 0 Å². The molecule has 0 amide bonds. The quantitative estimate of drug-likeness (QED) is 0.798. The molecular weight excluding hydrogens is 212 g/mol. The monoisotopic (exact) mass is 234 g/mol. The Labute approximate surface area is 104 Å². The summed E-state index contributed by atoms with van der Waals surface area (Å²) in [7, 11) is 0. The Kier molecular flexibility index (Phi) is 4.06. The van der Waals surface area contributed by atoms with E-state index in [-0.39, 0.29) is 0 Å². The highest BCUT2D eigenvalue weighted by Crippen LogP contribution is 2.23. The third-order valence-electron chi connectivity index (χ3n) is 3.73. The summed E-state index contributed by atoms with van der Waals surface area (Å²) in [6.07, 6.45) is 2.26. The van der Waals surface area contributed by atoms with Crippen molar-refractivity contribution in [2.45, 2.75) is 33.6 Å². The summed E-state index contributed by atoms with van der Waals surface area (Å²) in [6, 6.07) is 4.28. The van der Waals surface area contributed by atoms with Crippen molar-refractivity contribution in [3.8, 4) is 5.75 Å². The summed E-state index contributed by atoms with van der Waals surface area (Å²) in [5.41, 5.74) is 3.99. The first-order valence-electron chi connectivity index (χ1n) is 6.45. The predicted octanol–water partition coefficient (Wildman–Crippen LogP) is 3.42. The Morgan fingerprint density at radius 3 is 2.29 bits per heavy atom. The van der Waals surface area contributed by atoms with Crippen LogP contribution < -0.4 is 4.74 Å². The van der Waals surface area contributed by atoms with Crippen LogP contribution in [0.1, 0.15) is 29.5 Å². The predicted molar refractivity (Wildman–Crippen MR) is 69.7 cm³/mol. The third-order valence-corrected chi connectivity index (χ3v) is 3.73. The van der Waals surface area contributed by atoms with E-state index in [9.17, 15) is 0 Å². The van der Waals surface area contributed by atoms with Gasteiger partial charge in [-0.05, 0) is 68.4 Å². The highest BCUT2D eigenvalue weighted by atomic mass is 16.5. The molecular formula is C15H22O2. The van der Waals surface area contributed by atoms with E-state index in [1.165, 1.54) is 16.7 Å². The molecule has 1 aromatic rings. The SMILES string of the molecule is Cc1cc(OCC2CCOCC2)cc(C)c1C. The van der Waals surface area contributed by atoms with Crippen LogP contribution in [0.5, 0.6) is 5.75 Å². The standard InChI is InChI=1S/C15H22O2/c1-11-8-15(9-12(2)13(11)3)17-10-14-4-6-16-7-5-14/h8-9,14H,4-7,10H2,1-3H3. The van der Waals surface area contributed by atoms with Gasteiger partial charge < -0.3 is 9.47 Å². The Morgan fingerprint density at radius 2 is 1.71 bits per heavy atom. The number of benzene rings is 1. The number of hydrogen-bond acceptors (Lipinski definition) is 2. The first-order chi connectivity index (χ1) is 8.16. The van der Waals surface area contributed by atoms with Crippen LogP contribution in [-0.2, 0) is 4.74 Å². The fraction of sp³-hybridized carbons (Fsp3) is 0.600. The lowest BCUT2D eigenvalue weighted by Crippen LogP contribution is -2.21. The van der Waals surface area contributed by atoms with Crippen LogP contribution >= 0.6 is 0 Å². The molecule has 1 heterocycles. The molecule has 94 valence electrons. The van der Waals surface area contributed by atoms with E-state index < -0.39 is 0 Å². The molecule has 1 aliphatic heterocycles. The Balaban J connectivity index is 1.94. The highest BCUT2D eigenvalue weighted by molar-refractivity contribution is 5.40. The minimum absolute atomic E-state index is 0.658. The number of ether oxygens (including phenoxy) is 2. The first kappa shape index (κ1) is 12.4. The molecule has 1 fully saturated rings. The zero-order valence-corrected chi connectivity index (χ0v) is 11.1. The zero-order chi connectivity index (χ0) is 12.3. The number of rotatable bonds is 3. The molecule has 0 N–H and O–H groups in total. The molecule has 2 nitrogen and oxygen atoms in total. The van der Waals surface area contributed by atoms with Crippen molar-refractivity contribution in [1.82, 2.24) is 0 Å². The van der Waals surface area contributed by atoms with Crippen molar-refractivity contribution in [1.29, 1.82) is 0 Å². The lowest BCUT2D eigenvalue weighted by Gasteiger charge is -2.22. The molecule has 2 rings (SSSR count). The minimum Gasteiger partial charge on any atom is -0.493 e. The maximum Gasteiger partial charge on any atom is 0.119 e. The van der Waals surface area contributed by atoms with Crippen molar-refractivity contribution in [2.24, 2.45) is 5.92 Å². The summed E-state index contributed by atoms with van der Waals surface area (Å²) < 4.78 is 11.3. The van der Waals surface area contributed by atoms with Gasteiger partial charge in [-0.25, -0.2) is 0 Å². The molecule has 0 saturated carbocycles. The molecule has 0 aromatic heterocycles. The molecule has 0 unspecified atom stereocenters. The first-order valence-corrected chi connectivity index (χ1v) is 6.45. The van der Waals surface area contributed by atoms with Gasteiger partial charge >= 0.3 is 0 Å². The second-order valence-electron chi connectivity index (χ2n) is 5.05. The zero-order valence-electron chi connectivity index (χ0n) is 11.1.